The van der Waals surface area contributed by atoms with Gasteiger partial charge in [-0.3, -0.25) is 10.1 Å². The van der Waals surface area contributed by atoms with Gasteiger partial charge in [-0.2, -0.15) is 0 Å². The minimum absolute atomic E-state index is 0.192. The minimum Gasteiger partial charge on any atom is -0.402 e. The van der Waals surface area contributed by atoms with Gasteiger partial charge in [0.1, 0.15) is 0 Å². The highest BCUT2D eigenvalue weighted by atomic mass is 32.1. The van der Waals surface area contributed by atoms with Gasteiger partial charge in [0.15, 0.2) is 0 Å². The summed E-state index contributed by atoms with van der Waals surface area (Å²) >= 11 is 1.49. The second kappa shape index (κ2) is 3.02. The Morgan fingerprint density at radius 2 is 2.31 bits per heavy atom. The number of hydrogen-bond donors (Lipinski definition) is 1. The first kappa shape index (κ1) is 8.00. The predicted octanol–water partition coefficient (Wildman–Crippen LogP) is 0.720. The van der Waals surface area contributed by atoms with E-state index in [1.807, 2.05) is 17.5 Å². The van der Waals surface area contributed by atoms with E-state index in [0.29, 0.717) is 0 Å². The van der Waals surface area contributed by atoms with Crippen molar-refractivity contribution in [3.63, 3.8) is 0 Å². The molecule has 1 saturated heterocycles. The first-order valence-electron chi connectivity index (χ1n) is 3.54. The van der Waals surface area contributed by atoms with E-state index in [0.717, 1.165) is 4.88 Å². The highest BCUT2D eigenvalue weighted by Crippen LogP contribution is 2.14. The van der Waals surface area contributed by atoms with Crippen LogP contribution in [0.5, 0.6) is 0 Å². The van der Waals surface area contributed by atoms with Gasteiger partial charge in [0, 0.05) is 11.0 Å². The zero-order valence-electron chi connectivity index (χ0n) is 6.44. The Morgan fingerprint density at radius 1 is 1.46 bits per heavy atom. The SMILES string of the molecule is O=C1N/C(=C/c2cccs2)OC1=O. The fraction of sp³-hybridized carbons (Fsp3) is 0. The van der Waals surface area contributed by atoms with Crippen molar-refractivity contribution in [2.45, 2.75) is 0 Å². The van der Waals surface area contributed by atoms with Crippen molar-refractivity contribution in [1.82, 2.24) is 5.32 Å². The first-order valence-corrected chi connectivity index (χ1v) is 4.42. The smallest absolute Gasteiger partial charge is 0.402 e. The number of hydrogen-bond acceptors (Lipinski definition) is 4. The molecule has 1 aromatic rings. The third-order valence-electron chi connectivity index (χ3n) is 1.44. The average Bonchev–Trinajstić information content (AvgIpc) is 2.64. The van der Waals surface area contributed by atoms with E-state index in [9.17, 15) is 9.59 Å². The average molecular weight is 195 g/mol. The van der Waals surface area contributed by atoms with Crippen molar-refractivity contribution in [3.8, 4) is 0 Å². The summed E-state index contributed by atoms with van der Waals surface area (Å²) in [5, 5.41) is 4.19. The van der Waals surface area contributed by atoms with Gasteiger partial charge in [-0.05, 0) is 11.4 Å². The number of amides is 1. The molecule has 13 heavy (non-hydrogen) atoms. The Labute approximate surface area is 77.8 Å². The molecule has 0 unspecified atom stereocenters. The van der Waals surface area contributed by atoms with E-state index in [1.165, 1.54) is 11.3 Å². The van der Waals surface area contributed by atoms with E-state index in [1.54, 1.807) is 6.08 Å². The van der Waals surface area contributed by atoms with Crippen LogP contribution in [0.1, 0.15) is 4.88 Å². The number of cyclic esters (lactones) is 1. The van der Waals surface area contributed by atoms with Crippen molar-refractivity contribution in [2.75, 3.05) is 0 Å². The summed E-state index contributed by atoms with van der Waals surface area (Å²) in [5.74, 6) is -1.39. The molecule has 5 heteroatoms. The van der Waals surface area contributed by atoms with Gasteiger partial charge in [0.2, 0.25) is 5.88 Å². The van der Waals surface area contributed by atoms with E-state index in [2.05, 4.69) is 10.1 Å². The molecule has 2 rings (SSSR count). The molecular weight excluding hydrogens is 190 g/mol. The van der Waals surface area contributed by atoms with E-state index >= 15 is 0 Å². The molecule has 1 aliphatic rings. The van der Waals surface area contributed by atoms with Gasteiger partial charge >= 0.3 is 11.9 Å². The summed E-state index contributed by atoms with van der Waals surface area (Å²) < 4.78 is 4.62. The molecule has 1 aliphatic heterocycles. The summed E-state index contributed by atoms with van der Waals surface area (Å²) in [6.45, 7) is 0. The Hall–Kier alpha value is -1.62. The Bertz CT molecular complexity index is 362. The maximum Gasteiger partial charge on any atom is 0.403 e. The fourth-order valence-electron chi connectivity index (χ4n) is 0.903. The maximum atomic E-state index is 10.7. The fourth-order valence-corrected chi connectivity index (χ4v) is 1.55. The van der Waals surface area contributed by atoms with Crippen molar-refractivity contribution in [3.05, 3.63) is 28.3 Å². The van der Waals surface area contributed by atoms with Crippen molar-refractivity contribution in [2.24, 2.45) is 0 Å². The highest BCUT2D eigenvalue weighted by molar-refractivity contribution is 7.10. The molecule has 4 nitrogen and oxygen atoms in total. The zero-order valence-corrected chi connectivity index (χ0v) is 7.26. The topological polar surface area (TPSA) is 55.4 Å². The number of esters is 1. The van der Waals surface area contributed by atoms with Crippen LogP contribution in [0, 0.1) is 0 Å². The lowest BCUT2D eigenvalue weighted by Gasteiger charge is -1.91. The van der Waals surface area contributed by atoms with Gasteiger partial charge in [0.25, 0.3) is 0 Å². The van der Waals surface area contributed by atoms with E-state index < -0.39 is 11.9 Å². The first-order chi connectivity index (χ1) is 6.25. The minimum atomic E-state index is -0.859. The molecule has 2 heterocycles. The van der Waals surface area contributed by atoms with E-state index in [-0.39, 0.29) is 5.88 Å². The second-order valence-electron chi connectivity index (χ2n) is 2.37. The normalized spacial score (nSPS) is 18.9. The third-order valence-corrected chi connectivity index (χ3v) is 2.26. The molecule has 0 aliphatic carbocycles. The van der Waals surface area contributed by atoms with Crippen LogP contribution in [0.3, 0.4) is 0 Å². The van der Waals surface area contributed by atoms with Crippen LogP contribution in [0.25, 0.3) is 6.08 Å². The molecule has 0 aromatic carbocycles. The van der Waals surface area contributed by atoms with Crippen molar-refractivity contribution in [1.29, 1.82) is 0 Å². The summed E-state index contributed by atoms with van der Waals surface area (Å²) in [4.78, 5) is 22.3. The monoisotopic (exact) mass is 195 g/mol. The Kier molecular flexibility index (Phi) is 1.86. The van der Waals surface area contributed by atoms with Crippen molar-refractivity contribution >= 4 is 29.3 Å². The van der Waals surface area contributed by atoms with Crippen molar-refractivity contribution < 1.29 is 14.3 Å². The number of carbonyl (C=O) groups is 2. The van der Waals surface area contributed by atoms with Gasteiger partial charge in [0.05, 0.1) is 0 Å². The standard InChI is InChI=1S/C8H5NO3S/c10-7-8(11)12-6(9-7)4-5-2-1-3-13-5/h1-4H,(H,9,10)/b6-4-. The van der Waals surface area contributed by atoms with Crippen LogP contribution in [0.15, 0.2) is 23.4 Å². The van der Waals surface area contributed by atoms with Crippen LogP contribution in [-0.2, 0) is 14.3 Å². The van der Waals surface area contributed by atoms with E-state index in [4.69, 9.17) is 0 Å². The van der Waals surface area contributed by atoms with Crippen LogP contribution >= 0.6 is 11.3 Å². The van der Waals surface area contributed by atoms with Crippen LogP contribution in [0.4, 0.5) is 0 Å². The Balaban J connectivity index is 2.20. The molecule has 0 spiro atoms. The molecule has 0 atom stereocenters. The highest BCUT2D eigenvalue weighted by Gasteiger charge is 2.26. The summed E-state index contributed by atoms with van der Waals surface area (Å²) in [7, 11) is 0. The largest absolute Gasteiger partial charge is 0.403 e. The lowest BCUT2D eigenvalue weighted by molar-refractivity contribution is -0.145. The maximum absolute atomic E-state index is 10.7. The van der Waals surface area contributed by atoms with Gasteiger partial charge < -0.3 is 4.74 Å². The molecule has 1 fully saturated rings. The quantitative estimate of drug-likeness (QED) is 0.530. The number of thiophene rings is 1. The molecule has 66 valence electrons. The Morgan fingerprint density at radius 3 is 2.85 bits per heavy atom. The second-order valence-corrected chi connectivity index (χ2v) is 3.35. The van der Waals surface area contributed by atoms with Gasteiger partial charge in [-0.1, -0.05) is 6.07 Å². The molecule has 0 bridgehead atoms. The number of rotatable bonds is 1. The predicted molar refractivity (Wildman–Crippen MR) is 46.5 cm³/mol. The number of ether oxygens (including phenoxy) is 1. The van der Waals surface area contributed by atoms with Crippen LogP contribution in [-0.4, -0.2) is 11.9 Å². The van der Waals surface area contributed by atoms with Crippen LogP contribution in [0.2, 0.25) is 0 Å². The summed E-state index contributed by atoms with van der Waals surface area (Å²) in [5.41, 5.74) is 0. The number of nitrogens with one attached hydrogen (secondary N) is 1. The molecule has 1 amide bonds. The zero-order chi connectivity index (χ0) is 9.26. The summed E-state index contributed by atoms with van der Waals surface area (Å²) in [6, 6.07) is 3.73. The molecule has 0 saturated carbocycles. The molecular formula is C8H5NO3S. The molecule has 1 aromatic heterocycles. The lowest BCUT2D eigenvalue weighted by atomic mass is 10.4. The van der Waals surface area contributed by atoms with Crippen LogP contribution < -0.4 is 5.32 Å². The van der Waals surface area contributed by atoms with Gasteiger partial charge in [-0.15, -0.1) is 11.3 Å². The lowest BCUT2D eigenvalue weighted by Crippen LogP contribution is -2.17. The molecule has 0 radical (unpaired) electrons. The third kappa shape index (κ3) is 1.59. The number of carbonyl (C=O) groups excluding carboxylic acids is 2. The summed E-state index contributed by atoms with van der Waals surface area (Å²) in [6.07, 6.45) is 1.60. The molecule has 1 N–H and O–H groups in total. The van der Waals surface area contributed by atoms with Gasteiger partial charge in [-0.25, -0.2) is 4.79 Å².